The molecule has 34 heavy (non-hydrogen) atoms. The summed E-state index contributed by atoms with van der Waals surface area (Å²) < 4.78 is 66.4. The molecule has 0 aromatic rings. The van der Waals surface area contributed by atoms with Gasteiger partial charge in [-0.25, -0.2) is 16.8 Å². The Hall–Kier alpha value is -0.840. The lowest BCUT2D eigenvalue weighted by Crippen LogP contribution is -2.52. The summed E-state index contributed by atoms with van der Waals surface area (Å²) in [7, 11) is -7.42. The minimum atomic E-state index is -3.71. The van der Waals surface area contributed by atoms with E-state index in [1.165, 1.54) is 38.5 Å². The molecule has 8 fully saturated rings. The Kier molecular flexibility index (Phi) is 5.78. The topological polar surface area (TPSA) is 111 Å². The minimum absolute atomic E-state index is 0.288. The van der Waals surface area contributed by atoms with Crippen LogP contribution in [0.4, 0.5) is 0 Å². The molecule has 10 heteroatoms. The van der Waals surface area contributed by atoms with Gasteiger partial charge in [0, 0.05) is 12.4 Å². The van der Waals surface area contributed by atoms with Gasteiger partial charge in [0.1, 0.15) is 0 Å². The van der Waals surface area contributed by atoms with Gasteiger partial charge in [0.2, 0.25) is 0 Å². The van der Waals surface area contributed by atoms with E-state index in [2.05, 4.69) is 9.44 Å². The molecule has 8 bridgehead atoms. The Morgan fingerprint density at radius 2 is 0.824 bits per heavy atom. The number of hydrogen-bond acceptors (Lipinski definition) is 6. The lowest BCUT2D eigenvalue weighted by atomic mass is 9.54. The second-order valence-corrected chi connectivity index (χ2v) is 15.9. The van der Waals surface area contributed by atoms with E-state index in [4.69, 9.17) is 9.47 Å². The van der Waals surface area contributed by atoms with Gasteiger partial charge in [0.05, 0.1) is 11.2 Å². The molecule has 8 saturated carbocycles. The van der Waals surface area contributed by atoms with Crippen LogP contribution in [-0.2, 0) is 29.5 Å². The summed E-state index contributed by atoms with van der Waals surface area (Å²) in [6, 6.07) is 0. The maximum atomic E-state index is 12.4. The normalized spacial score (nSPS) is 44.7. The van der Waals surface area contributed by atoms with Gasteiger partial charge in [-0.05, 0) is 113 Å². The van der Waals surface area contributed by atoms with Gasteiger partial charge in [-0.15, -0.1) is 0 Å². The Morgan fingerprint density at radius 1 is 0.559 bits per heavy atom. The van der Waals surface area contributed by atoms with Gasteiger partial charge < -0.3 is 9.47 Å². The van der Waals surface area contributed by atoms with Crippen molar-refractivity contribution in [1.82, 2.24) is 9.44 Å². The molecule has 0 unspecified atom stereocenters. The quantitative estimate of drug-likeness (QED) is 0.463. The summed E-state index contributed by atoms with van der Waals surface area (Å²) >= 11 is 0. The van der Waals surface area contributed by atoms with E-state index >= 15 is 0 Å². The fourth-order valence-corrected chi connectivity index (χ4v) is 10.7. The van der Waals surface area contributed by atoms with E-state index in [1.54, 1.807) is 0 Å². The Morgan fingerprint density at radius 3 is 1.09 bits per heavy atom. The highest BCUT2D eigenvalue weighted by molar-refractivity contribution is 7.89. The molecule has 0 saturated heterocycles. The molecular formula is C24H38N2O6S2. The number of nitrogens with one attached hydrogen (secondary N) is 2. The molecule has 0 aromatic carbocycles. The minimum Gasteiger partial charge on any atom is -0.357 e. The molecule has 192 valence electrons. The summed E-state index contributed by atoms with van der Waals surface area (Å²) in [5, 5.41) is 0. The van der Waals surface area contributed by atoms with Crippen molar-refractivity contribution in [3.8, 4) is 0 Å². The van der Waals surface area contributed by atoms with Crippen LogP contribution < -0.4 is 9.44 Å². The molecule has 0 spiro atoms. The van der Waals surface area contributed by atoms with Crippen molar-refractivity contribution in [3.63, 3.8) is 0 Å². The van der Waals surface area contributed by atoms with Crippen LogP contribution in [0.25, 0.3) is 0 Å². The van der Waals surface area contributed by atoms with Gasteiger partial charge in [-0.1, -0.05) is 0 Å². The fraction of sp³-hybridized carbons (Fsp3) is 0.917. The first kappa shape index (κ1) is 23.6. The van der Waals surface area contributed by atoms with E-state index in [1.807, 2.05) is 0 Å². The summed E-state index contributed by atoms with van der Waals surface area (Å²) in [4.78, 5) is 0. The fourth-order valence-electron chi connectivity index (χ4n) is 9.16. The predicted octanol–water partition coefficient (Wildman–Crippen LogP) is 3.18. The zero-order chi connectivity index (χ0) is 23.6. The van der Waals surface area contributed by atoms with Gasteiger partial charge in [-0.2, -0.15) is 0 Å². The molecule has 0 amide bonds. The molecule has 0 heterocycles. The molecule has 0 radical (unpaired) electrons. The first-order valence-corrected chi connectivity index (χ1v) is 16.3. The molecule has 8 aliphatic rings. The maximum absolute atomic E-state index is 12.4. The standard InChI is InChI=1S/C24H38N2O6S2/c27-33(28,15-31-23-9-17-3-18(10-23)5-19(4-17)11-23)25-1-2-26-34(29,30)16-32-24-12-20-6-21(13-24)8-22(7-20)14-24/h1-2,17-22,25-26H,3-16H2. The number of rotatable bonds is 10. The largest absolute Gasteiger partial charge is 0.357 e. The van der Waals surface area contributed by atoms with Gasteiger partial charge in [0.15, 0.2) is 11.9 Å². The molecule has 8 rings (SSSR count). The Bertz CT molecular complexity index is 885. The summed E-state index contributed by atoms with van der Waals surface area (Å²) in [5.74, 6) is 3.27. The highest BCUT2D eigenvalue weighted by Gasteiger charge is 2.53. The molecule has 8 nitrogen and oxygen atoms in total. The number of hydrogen-bond donors (Lipinski definition) is 2. The molecule has 0 aromatic heterocycles. The van der Waals surface area contributed by atoms with E-state index in [9.17, 15) is 16.8 Å². The van der Waals surface area contributed by atoms with Crippen LogP contribution in [0.5, 0.6) is 0 Å². The van der Waals surface area contributed by atoms with Crippen LogP contribution in [0, 0.1) is 35.5 Å². The van der Waals surface area contributed by atoms with E-state index in [-0.39, 0.29) is 11.2 Å². The smallest absolute Gasteiger partial charge is 0.256 e. The third kappa shape index (κ3) is 4.89. The first-order valence-electron chi connectivity index (χ1n) is 13.0. The molecule has 0 aliphatic heterocycles. The van der Waals surface area contributed by atoms with Crippen LogP contribution >= 0.6 is 0 Å². The molecule has 2 N–H and O–H groups in total. The zero-order valence-corrected chi connectivity index (χ0v) is 21.4. The Balaban J connectivity index is 0.965. The van der Waals surface area contributed by atoms with Crippen molar-refractivity contribution in [1.29, 1.82) is 0 Å². The van der Waals surface area contributed by atoms with Crippen molar-refractivity contribution in [2.24, 2.45) is 35.5 Å². The predicted molar refractivity (Wildman–Crippen MR) is 127 cm³/mol. The Labute approximate surface area is 203 Å². The highest BCUT2D eigenvalue weighted by Crippen LogP contribution is 2.58. The maximum Gasteiger partial charge on any atom is 0.256 e. The van der Waals surface area contributed by atoms with E-state index in [0.717, 1.165) is 50.9 Å². The first-order chi connectivity index (χ1) is 16.1. The third-order valence-electron chi connectivity index (χ3n) is 9.58. The molecular weight excluding hydrogens is 476 g/mol. The van der Waals surface area contributed by atoms with Crippen LogP contribution in [0.3, 0.4) is 0 Å². The zero-order valence-electron chi connectivity index (χ0n) is 19.8. The SMILES string of the molecule is O=S(=O)(COC12CC3CC(CC(C3)C1)C2)NC=CNS(=O)(=O)COC12CC3CC(CC(C3)C1)C2. The second-order valence-electron chi connectivity index (χ2n) is 12.5. The van der Waals surface area contributed by atoms with E-state index < -0.39 is 31.9 Å². The highest BCUT2D eigenvalue weighted by atomic mass is 32.2. The average molecular weight is 515 g/mol. The van der Waals surface area contributed by atoms with Crippen molar-refractivity contribution in [2.45, 2.75) is 88.3 Å². The monoisotopic (exact) mass is 514 g/mol. The summed E-state index contributed by atoms with van der Waals surface area (Å²) in [6.45, 7) is 0. The second kappa shape index (κ2) is 8.35. The van der Waals surface area contributed by atoms with E-state index in [0.29, 0.717) is 35.5 Å². The van der Waals surface area contributed by atoms with Crippen molar-refractivity contribution >= 4 is 20.0 Å². The number of ether oxygens (including phenoxy) is 2. The van der Waals surface area contributed by atoms with Gasteiger partial charge in [-0.3, -0.25) is 9.44 Å². The molecule has 8 aliphatic carbocycles. The number of sulfonamides is 2. The van der Waals surface area contributed by atoms with Crippen LogP contribution in [0.2, 0.25) is 0 Å². The lowest BCUT2D eigenvalue weighted by Gasteiger charge is -2.56. The van der Waals surface area contributed by atoms with Gasteiger partial charge >= 0.3 is 0 Å². The van der Waals surface area contributed by atoms with Crippen molar-refractivity contribution < 1.29 is 26.3 Å². The summed E-state index contributed by atoms with van der Waals surface area (Å²) in [5.41, 5.74) is -0.577. The molecule has 0 atom stereocenters. The van der Waals surface area contributed by atoms with Crippen LogP contribution in [-0.4, -0.2) is 39.9 Å². The van der Waals surface area contributed by atoms with Crippen LogP contribution in [0.1, 0.15) is 77.0 Å². The lowest BCUT2D eigenvalue weighted by molar-refractivity contribution is -0.151. The van der Waals surface area contributed by atoms with Gasteiger partial charge in [0.25, 0.3) is 20.0 Å². The van der Waals surface area contributed by atoms with Crippen molar-refractivity contribution in [3.05, 3.63) is 12.4 Å². The summed E-state index contributed by atoms with van der Waals surface area (Å²) in [6.07, 6.45) is 15.6. The third-order valence-corrected chi connectivity index (χ3v) is 11.4. The average Bonchev–Trinajstić information content (AvgIpc) is 2.73. The van der Waals surface area contributed by atoms with Crippen LogP contribution in [0.15, 0.2) is 12.4 Å². The van der Waals surface area contributed by atoms with Crippen molar-refractivity contribution in [2.75, 3.05) is 11.9 Å².